The van der Waals surface area contributed by atoms with Gasteiger partial charge in [-0.2, -0.15) is 5.26 Å². The number of nitriles is 1. The summed E-state index contributed by atoms with van der Waals surface area (Å²) < 4.78 is 0. The van der Waals surface area contributed by atoms with Crippen molar-refractivity contribution >= 4 is 17.3 Å². The smallest absolute Gasteiger partial charge is 0.173 e. The van der Waals surface area contributed by atoms with Gasteiger partial charge in [0.15, 0.2) is 11.6 Å². The van der Waals surface area contributed by atoms with Gasteiger partial charge in [-0.15, -0.1) is 0 Å². The van der Waals surface area contributed by atoms with Crippen molar-refractivity contribution in [2.75, 3.05) is 0 Å². The van der Waals surface area contributed by atoms with Crippen LogP contribution in [0.3, 0.4) is 0 Å². The first-order valence-corrected chi connectivity index (χ1v) is 15.8. The molecule has 0 aliphatic heterocycles. The van der Waals surface area contributed by atoms with E-state index in [-0.39, 0.29) is 62.8 Å². The second kappa shape index (κ2) is 12.2. The van der Waals surface area contributed by atoms with Crippen molar-refractivity contribution in [2.45, 2.75) is 128 Å². The zero-order valence-electron chi connectivity index (χ0n) is 26.8. The summed E-state index contributed by atoms with van der Waals surface area (Å²) in [6.07, 6.45) is 10.8. The Hall–Kier alpha value is -2.02. The topological polar surface area (TPSA) is 75.0 Å². The minimum atomic E-state index is -0.423. The number of ketones is 3. The van der Waals surface area contributed by atoms with Crippen molar-refractivity contribution in [3.05, 3.63) is 23.3 Å². The van der Waals surface area contributed by atoms with Gasteiger partial charge in [0.05, 0.1) is 5.57 Å². The summed E-state index contributed by atoms with van der Waals surface area (Å²) in [6, 6.07) is 2.11. The van der Waals surface area contributed by atoms with E-state index in [2.05, 4.69) is 33.8 Å². The Morgan fingerprint density at radius 1 is 0.897 bits per heavy atom. The largest absolute Gasteiger partial charge is 0.299 e. The van der Waals surface area contributed by atoms with Gasteiger partial charge in [-0.1, -0.05) is 80.9 Å². The number of hydrogen-bond acceptors (Lipinski definition) is 4. The molecule has 0 aromatic heterocycles. The number of hydrogen-bond donors (Lipinski definition) is 0. The summed E-state index contributed by atoms with van der Waals surface area (Å²) in [4.78, 5) is 39.5. The van der Waals surface area contributed by atoms with Crippen molar-refractivity contribution in [2.24, 2.45) is 45.3 Å². The van der Waals surface area contributed by atoms with Gasteiger partial charge >= 0.3 is 0 Å². The van der Waals surface area contributed by atoms with Crippen LogP contribution < -0.4 is 0 Å². The molecule has 5 aliphatic carbocycles. The fourth-order valence-electron chi connectivity index (χ4n) is 9.02. The molecule has 0 heterocycles. The molecular weight excluding hydrogens is 482 g/mol. The second-order valence-corrected chi connectivity index (χ2v) is 13.1. The lowest BCUT2D eigenvalue weighted by molar-refractivity contribution is -0.157. The zero-order valence-corrected chi connectivity index (χ0v) is 26.8. The maximum absolute atomic E-state index is 13.9. The van der Waals surface area contributed by atoms with E-state index in [1.165, 1.54) is 0 Å². The molecule has 0 radical (unpaired) electrons. The summed E-state index contributed by atoms with van der Waals surface area (Å²) in [7, 11) is 0. The predicted molar refractivity (Wildman–Crippen MR) is 160 cm³/mol. The number of carbonyl (C=O) groups excluding carboxylic acids is 3. The Balaban J connectivity index is 0.000000833. The zero-order chi connectivity index (χ0) is 30.0. The van der Waals surface area contributed by atoms with Gasteiger partial charge in [0, 0.05) is 23.2 Å². The third-order valence-electron chi connectivity index (χ3n) is 11.0. The summed E-state index contributed by atoms with van der Waals surface area (Å²) in [5.74, 6) is 0.801. The second-order valence-electron chi connectivity index (χ2n) is 13.1. The number of allylic oxidation sites excluding steroid dienone is 4. The third-order valence-corrected chi connectivity index (χ3v) is 11.0. The number of rotatable bonds is 1. The van der Waals surface area contributed by atoms with Crippen LogP contribution in [0.15, 0.2) is 23.3 Å². The van der Waals surface area contributed by atoms with E-state index in [9.17, 15) is 19.6 Å². The summed E-state index contributed by atoms with van der Waals surface area (Å²) in [6.45, 7) is 22.8. The van der Waals surface area contributed by atoms with E-state index in [0.29, 0.717) is 6.42 Å². The minimum absolute atomic E-state index is 0.0578. The Morgan fingerprint density at radius 2 is 1.51 bits per heavy atom. The van der Waals surface area contributed by atoms with Gasteiger partial charge in [-0.3, -0.25) is 14.4 Å². The van der Waals surface area contributed by atoms with E-state index >= 15 is 0 Å². The van der Waals surface area contributed by atoms with Crippen LogP contribution in [0.25, 0.3) is 0 Å². The van der Waals surface area contributed by atoms with E-state index in [0.717, 1.165) is 50.5 Å². The molecule has 7 atom stereocenters. The van der Waals surface area contributed by atoms with Crippen molar-refractivity contribution in [3.8, 4) is 6.07 Å². The Bertz CT molecular complexity index is 1060. The average molecular weight is 538 g/mol. The van der Waals surface area contributed by atoms with Crippen LogP contribution in [0.4, 0.5) is 0 Å². The highest BCUT2D eigenvalue weighted by Crippen LogP contribution is 2.69. The van der Waals surface area contributed by atoms with E-state index < -0.39 is 5.41 Å². The van der Waals surface area contributed by atoms with Gasteiger partial charge in [-0.25, -0.2) is 0 Å². The molecule has 0 bridgehead atoms. The molecule has 4 heteroatoms. The molecule has 0 saturated heterocycles. The SMILES string of the molecule is CC.CC.CC.CC(=O)C12CCC3C(C(=O)C=C4C5(C)C=C(C#N)C(=O)CC5CCC43C)C1CC(C)(C)CC2. The molecule has 0 aromatic carbocycles. The van der Waals surface area contributed by atoms with Gasteiger partial charge in [0.2, 0.25) is 0 Å². The van der Waals surface area contributed by atoms with Crippen LogP contribution in [-0.4, -0.2) is 17.3 Å². The molecule has 7 unspecified atom stereocenters. The first-order chi connectivity index (χ1) is 18.4. The molecule has 5 aliphatic rings. The summed E-state index contributed by atoms with van der Waals surface area (Å²) in [5.41, 5.74) is 0.638. The minimum Gasteiger partial charge on any atom is -0.299 e. The average Bonchev–Trinajstić information content (AvgIpc) is 2.92. The Morgan fingerprint density at radius 3 is 2.08 bits per heavy atom. The molecule has 39 heavy (non-hydrogen) atoms. The predicted octanol–water partition coefficient (Wildman–Crippen LogP) is 8.85. The molecule has 0 spiro atoms. The number of carbonyl (C=O) groups is 3. The van der Waals surface area contributed by atoms with Crippen molar-refractivity contribution in [1.82, 2.24) is 0 Å². The normalized spacial score (nSPS) is 39.3. The quantitative estimate of drug-likeness (QED) is 0.335. The van der Waals surface area contributed by atoms with Crippen LogP contribution in [-0.2, 0) is 14.4 Å². The highest BCUT2D eigenvalue weighted by molar-refractivity contribution is 6.01. The molecular formula is C35H55NO3. The van der Waals surface area contributed by atoms with Gasteiger partial charge < -0.3 is 0 Å². The molecule has 0 aromatic rings. The molecule has 0 amide bonds. The van der Waals surface area contributed by atoms with Crippen LogP contribution in [0.5, 0.6) is 0 Å². The Kier molecular flexibility index (Phi) is 10.4. The standard InChI is InChI=1S/C29H37NO3.3C2H6/c1-17(31)29-9-7-20-25(21(29)15-26(2,3)10-11-29)23(33)13-24-27(20,4)8-6-19-12-22(32)18(16-30)14-28(19,24)5;3*1-2/h13-14,19-21,25H,6-12,15H2,1-5H3;3*1-2H3. The fourth-order valence-corrected chi connectivity index (χ4v) is 9.02. The van der Waals surface area contributed by atoms with Crippen LogP contribution in [0.1, 0.15) is 128 Å². The lowest BCUT2D eigenvalue weighted by Crippen LogP contribution is -2.60. The van der Waals surface area contributed by atoms with Gasteiger partial charge in [-0.05, 0) is 86.5 Å². The maximum Gasteiger partial charge on any atom is 0.173 e. The van der Waals surface area contributed by atoms with Crippen LogP contribution in [0.2, 0.25) is 0 Å². The van der Waals surface area contributed by atoms with Crippen LogP contribution in [0, 0.1) is 56.7 Å². The molecule has 3 fully saturated rings. The molecule has 5 rings (SSSR count). The van der Waals surface area contributed by atoms with Gasteiger partial charge in [0.25, 0.3) is 0 Å². The number of nitrogens with zero attached hydrogens (tertiary/aromatic N) is 1. The highest BCUT2D eigenvalue weighted by atomic mass is 16.1. The number of Topliss-reactive ketones (excluding diaryl/α,β-unsaturated/α-hetero) is 2. The van der Waals surface area contributed by atoms with Crippen molar-refractivity contribution in [3.63, 3.8) is 0 Å². The maximum atomic E-state index is 13.9. The van der Waals surface area contributed by atoms with Crippen LogP contribution >= 0.6 is 0 Å². The first-order valence-electron chi connectivity index (χ1n) is 15.8. The fraction of sp³-hybridized carbons (Fsp3) is 0.771. The highest BCUT2D eigenvalue weighted by Gasteiger charge is 2.64. The van der Waals surface area contributed by atoms with E-state index in [4.69, 9.17) is 0 Å². The number of fused-ring (bicyclic) bond motifs is 7. The summed E-state index contributed by atoms with van der Waals surface area (Å²) >= 11 is 0. The van der Waals surface area contributed by atoms with Crippen molar-refractivity contribution < 1.29 is 14.4 Å². The lowest BCUT2D eigenvalue weighted by atomic mass is 9.39. The van der Waals surface area contributed by atoms with Crippen molar-refractivity contribution in [1.29, 1.82) is 5.26 Å². The molecule has 3 saturated carbocycles. The van der Waals surface area contributed by atoms with Gasteiger partial charge in [0.1, 0.15) is 11.9 Å². The monoisotopic (exact) mass is 537 g/mol. The molecule has 0 N–H and O–H groups in total. The van der Waals surface area contributed by atoms with E-state index in [1.807, 2.05) is 53.7 Å². The Labute approximate surface area is 239 Å². The lowest BCUT2D eigenvalue weighted by Gasteiger charge is -2.63. The van der Waals surface area contributed by atoms with E-state index in [1.54, 1.807) is 6.92 Å². The molecule has 218 valence electrons. The third kappa shape index (κ3) is 5.25. The first kappa shape index (κ1) is 33.2. The molecule has 4 nitrogen and oxygen atoms in total. The summed E-state index contributed by atoms with van der Waals surface area (Å²) in [5, 5.41) is 9.57.